The van der Waals surface area contributed by atoms with Crippen LogP contribution in [0.25, 0.3) is 11.0 Å². The smallest absolute Gasteiger partial charge is 0.153 e. The highest BCUT2D eigenvalue weighted by atomic mass is 35.5. The first kappa shape index (κ1) is 11.5. The fourth-order valence-electron chi connectivity index (χ4n) is 1.75. The van der Waals surface area contributed by atoms with Crippen LogP contribution in [-0.2, 0) is 0 Å². The van der Waals surface area contributed by atoms with E-state index in [4.69, 9.17) is 16.0 Å². The lowest BCUT2D eigenvalue weighted by Gasteiger charge is -2.10. The van der Waals surface area contributed by atoms with Gasteiger partial charge in [0.05, 0.1) is 5.02 Å². The summed E-state index contributed by atoms with van der Waals surface area (Å²) in [6.07, 6.45) is -0.580. The van der Waals surface area contributed by atoms with Crippen LogP contribution in [0.15, 0.2) is 22.6 Å². The predicted octanol–water partition coefficient (Wildman–Crippen LogP) is 4.08. The molecule has 86 valence electrons. The molecule has 0 spiro atoms. The fraction of sp³-hybridized carbons (Fsp3) is 0.385. The van der Waals surface area contributed by atoms with Gasteiger partial charge in [0, 0.05) is 5.39 Å². The summed E-state index contributed by atoms with van der Waals surface area (Å²) in [7, 11) is 0. The molecule has 0 bridgehead atoms. The average Bonchev–Trinajstić information content (AvgIpc) is 2.60. The molecule has 1 aromatic carbocycles. The van der Waals surface area contributed by atoms with E-state index >= 15 is 0 Å². The summed E-state index contributed by atoms with van der Waals surface area (Å²) in [5, 5.41) is 11.5. The van der Waals surface area contributed by atoms with Gasteiger partial charge in [0.25, 0.3) is 0 Å². The molecule has 1 heterocycles. The minimum atomic E-state index is -0.580. The van der Waals surface area contributed by atoms with Gasteiger partial charge in [-0.15, -0.1) is 0 Å². The van der Waals surface area contributed by atoms with Crippen molar-refractivity contribution in [3.8, 4) is 0 Å². The van der Waals surface area contributed by atoms with Gasteiger partial charge in [-0.05, 0) is 36.6 Å². The molecule has 0 radical (unpaired) electrons. The number of aryl methyl sites for hydroxylation is 1. The molecule has 0 aliphatic heterocycles. The molecule has 3 heteroatoms. The number of furan rings is 1. The van der Waals surface area contributed by atoms with Gasteiger partial charge in [0.15, 0.2) is 5.58 Å². The van der Waals surface area contributed by atoms with E-state index in [0.29, 0.717) is 16.4 Å². The van der Waals surface area contributed by atoms with Crippen molar-refractivity contribution >= 4 is 22.6 Å². The Bertz CT molecular complexity index is 514. The van der Waals surface area contributed by atoms with Crippen molar-refractivity contribution < 1.29 is 9.52 Å². The number of aliphatic hydroxyl groups is 1. The van der Waals surface area contributed by atoms with Crippen molar-refractivity contribution in [1.29, 1.82) is 0 Å². The van der Waals surface area contributed by atoms with Crippen LogP contribution in [0, 0.1) is 12.8 Å². The normalized spacial score (nSPS) is 13.6. The van der Waals surface area contributed by atoms with Gasteiger partial charge in [-0.1, -0.05) is 25.4 Å². The number of fused-ring (bicyclic) bond motifs is 1. The molecule has 0 saturated heterocycles. The Balaban J connectivity index is 2.56. The lowest BCUT2D eigenvalue weighted by Crippen LogP contribution is -2.03. The van der Waals surface area contributed by atoms with E-state index in [2.05, 4.69) is 0 Å². The maximum Gasteiger partial charge on any atom is 0.153 e. The van der Waals surface area contributed by atoms with Crippen molar-refractivity contribution in [2.45, 2.75) is 26.9 Å². The van der Waals surface area contributed by atoms with Crippen molar-refractivity contribution in [2.24, 2.45) is 5.92 Å². The standard InChI is InChI=1S/C13H15ClO2/c1-7(2)12(15)11-6-9-4-8(3)5-10(14)13(9)16-11/h4-7,12,15H,1-3H3. The summed E-state index contributed by atoms with van der Waals surface area (Å²) in [4.78, 5) is 0. The van der Waals surface area contributed by atoms with Gasteiger partial charge < -0.3 is 9.52 Å². The molecule has 0 saturated carbocycles. The zero-order valence-electron chi connectivity index (χ0n) is 9.62. The van der Waals surface area contributed by atoms with E-state index in [1.165, 1.54) is 0 Å². The summed E-state index contributed by atoms with van der Waals surface area (Å²) in [5.74, 6) is 0.706. The molecule has 0 aliphatic carbocycles. The Hall–Kier alpha value is -0.990. The molecular formula is C13H15ClO2. The van der Waals surface area contributed by atoms with Gasteiger partial charge in [0.1, 0.15) is 11.9 Å². The SMILES string of the molecule is Cc1cc(Cl)c2oc(C(O)C(C)C)cc2c1. The summed E-state index contributed by atoms with van der Waals surface area (Å²) in [6.45, 7) is 5.88. The van der Waals surface area contributed by atoms with Crippen LogP contribution in [0.5, 0.6) is 0 Å². The van der Waals surface area contributed by atoms with Crippen LogP contribution in [-0.4, -0.2) is 5.11 Å². The molecule has 0 amide bonds. The number of hydrogen-bond donors (Lipinski definition) is 1. The minimum Gasteiger partial charge on any atom is -0.457 e. The summed E-state index contributed by atoms with van der Waals surface area (Å²) >= 11 is 6.08. The Kier molecular flexibility index (Phi) is 2.96. The maximum absolute atomic E-state index is 9.92. The van der Waals surface area contributed by atoms with E-state index < -0.39 is 6.10 Å². The Labute approximate surface area is 99.8 Å². The molecule has 1 atom stereocenters. The molecule has 16 heavy (non-hydrogen) atoms. The highest BCUT2D eigenvalue weighted by molar-refractivity contribution is 6.34. The average molecular weight is 239 g/mol. The predicted molar refractivity (Wildman–Crippen MR) is 65.8 cm³/mol. The molecule has 0 aliphatic rings. The fourth-order valence-corrected chi connectivity index (χ4v) is 2.07. The van der Waals surface area contributed by atoms with Crippen LogP contribution >= 0.6 is 11.6 Å². The maximum atomic E-state index is 9.92. The number of hydrogen-bond acceptors (Lipinski definition) is 2. The Morgan fingerprint density at radius 2 is 1.94 bits per heavy atom. The molecule has 1 aromatic heterocycles. The number of halogens is 1. The third-order valence-electron chi connectivity index (χ3n) is 2.66. The molecule has 1 unspecified atom stereocenters. The molecule has 1 N–H and O–H groups in total. The minimum absolute atomic E-state index is 0.125. The lowest BCUT2D eigenvalue weighted by atomic mass is 10.1. The topological polar surface area (TPSA) is 33.4 Å². The van der Waals surface area contributed by atoms with Crippen molar-refractivity contribution in [1.82, 2.24) is 0 Å². The number of rotatable bonds is 2. The molecule has 2 aromatic rings. The first-order chi connectivity index (χ1) is 7.49. The van der Waals surface area contributed by atoms with Gasteiger partial charge >= 0.3 is 0 Å². The van der Waals surface area contributed by atoms with Crippen LogP contribution in [0.3, 0.4) is 0 Å². The first-order valence-electron chi connectivity index (χ1n) is 5.36. The third-order valence-corrected chi connectivity index (χ3v) is 2.94. The van der Waals surface area contributed by atoms with Crippen molar-refractivity contribution in [3.63, 3.8) is 0 Å². The zero-order chi connectivity index (χ0) is 11.9. The second kappa shape index (κ2) is 4.11. The quantitative estimate of drug-likeness (QED) is 0.855. The Morgan fingerprint density at radius 3 is 2.56 bits per heavy atom. The number of benzene rings is 1. The van der Waals surface area contributed by atoms with E-state index in [1.807, 2.05) is 39.0 Å². The van der Waals surface area contributed by atoms with Crippen LogP contribution in [0.4, 0.5) is 0 Å². The van der Waals surface area contributed by atoms with E-state index in [-0.39, 0.29) is 5.92 Å². The number of aliphatic hydroxyl groups excluding tert-OH is 1. The van der Waals surface area contributed by atoms with Crippen molar-refractivity contribution in [2.75, 3.05) is 0 Å². The van der Waals surface area contributed by atoms with Gasteiger partial charge in [-0.25, -0.2) is 0 Å². The van der Waals surface area contributed by atoms with E-state index in [9.17, 15) is 5.11 Å². The third kappa shape index (κ3) is 1.95. The van der Waals surface area contributed by atoms with E-state index in [1.54, 1.807) is 0 Å². The second-order valence-corrected chi connectivity index (χ2v) is 4.91. The Morgan fingerprint density at radius 1 is 1.25 bits per heavy atom. The monoisotopic (exact) mass is 238 g/mol. The highest BCUT2D eigenvalue weighted by Gasteiger charge is 2.17. The molecule has 2 rings (SSSR count). The largest absolute Gasteiger partial charge is 0.457 e. The van der Waals surface area contributed by atoms with E-state index in [0.717, 1.165) is 10.9 Å². The van der Waals surface area contributed by atoms with Gasteiger partial charge in [0.2, 0.25) is 0 Å². The molecule has 0 fully saturated rings. The summed E-state index contributed by atoms with van der Waals surface area (Å²) in [6, 6.07) is 5.72. The van der Waals surface area contributed by atoms with Crippen LogP contribution < -0.4 is 0 Å². The van der Waals surface area contributed by atoms with Crippen LogP contribution in [0.1, 0.15) is 31.3 Å². The molecule has 2 nitrogen and oxygen atoms in total. The second-order valence-electron chi connectivity index (χ2n) is 4.50. The van der Waals surface area contributed by atoms with Crippen LogP contribution in [0.2, 0.25) is 5.02 Å². The summed E-state index contributed by atoms with van der Waals surface area (Å²) < 4.78 is 5.59. The highest BCUT2D eigenvalue weighted by Crippen LogP contribution is 2.32. The first-order valence-corrected chi connectivity index (χ1v) is 5.74. The lowest BCUT2D eigenvalue weighted by molar-refractivity contribution is 0.104. The van der Waals surface area contributed by atoms with Gasteiger partial charge in [-0.2, -0.15) is 0 Å². The summed E-state index contributed by atoms with van der Waals surface area (Å²) in [5.41, 5.74) is 1.74. The molecular weight excluding hydrogens is 224 g/mol. The van der Waals surface area contributed by atoms with Crippen molar-refractivity contribution in [3.05, 3.63) is 34.5 Å². The zero-order valence-corrected chi connectivity index (χ0v) is 10.4. The van der Waals surface area contributed by atoms with Gasteiger partial charge in [-0.3, -0.25) is 0 Å².